The van der Waals surface area contributed by atoms with Crippen molar-refractivity contribution in [3.8, 4) is 0 Å². The summed E-state index contributed by atoms with van der Waals surface area (Å²) < 4.78 is 0. The van der Waals surface area contributed by atoms with Gasteiger partial charge in [-0.1, -0.05) is 24.3 Å². The minimum atomic E-state index is -0.0334. The van der Waals surface area contributed by atoms with Crippen LogP contribution in [-0.4, -0.2) is 36.4 Å². The number of hydrogen-bond acceptors (Lipinski definition) is 3. The third kappa shape index (κ3) is 4.05. The van der Waals surface area contributed by atoms with E-state index in [-0.39, 0.29) is 5.91 Å². The van der Waals surface area contributed by atoms with Crippen LogP contribution in [0, 0.1) is 6.92 Å². The van der Waals surface area contributed by atoms with E-state index in [1.807, 2.05) is 12.1 Å². The minimum absolute atomic E-state index is 0.0334. The number of benzene rings is 1. The maximum atomic E-state index is 11.8. The number of pyridine rings is 1. The lowest BCUT2D eigenvalue weighted by atomic mass is 10.1. The highest BCUT2D eigenvalue weighted by atomic mass is 16.2. The van der Waals surface area contributed by atoms with E-state index in [0.29, 0.717) is 5.56 Å². The van der Waals surface area contributed by atoms with Crippen molar-refractivity contribution in [3.63, 3.8) is 0 Å². The average molecular weight is 283 g/mol. The molecule has 0 aliphatic carbocycles. The van der Waals surface area contributed by atoms with Gasteiger partial charge in [0, 0.05) is 26.8 Å². The summed E-state index contributed by atoms with van der Waals surface area (Å²) in [5.74, 6) is 0.757. The fraction of sp³-hybridized carbons (Fsp3) is 0.294. The number of nitrogens with zero attached hydrogens (tertiary/aromatic N) is 2. The molecule has 0 atom stereocenters. The first-order valence-electron chi connectivity index (χ1n) is 7.04. The molecular weight excluding hydrogens is 262 g/mol. The molecule has 0 spiro atoms. The third-order valence-corrected chi connectivity index (χ3v) is 3.38. The minimum Gasteiger partial charge on any atom is -0.370 e. The average Bonchev–Trinajstić information content (AvgIpc) is 2.49. The molecule has 1 N–H and O–H groups in total. The van der Waals surface area contributed by atoms with Gasteiger partial charge in [0.15, 0.2) is 0 Å². The zero-order chi connectivity index (χ0) is 15.2. The van der Waals surface area contributed by atoms with E-state index in [9.17, 15) is 4.79 Å². The van der Waals surface area contributed by atoms with Gasteiger partial charge in [0.05, 0.1) is 5.56 Å². The first-order chi connectivity index (χ1) is 10.1. The van der Waals surface area contributed by atoms with Crippen LogP contribution in [0.25, 0.3) is 0 Å². The molecule has 0 unspecified atom stereocenters. The Balaban J connectivity index is 1.90. The number of rotatable bonds is 5. The highest BCUT2D eigenvalue weighted by molar-refractivity contribution is 5.93. The fourth-order valence-electron chi connectivity index (χ4n) is 2.10. The standard InChI is InChI=1S/C17H21N3O/c1-13-6-4-5-7-14(13)10-11-18-16-9-8-15(12-19-16)17(21)20(2)3/h4-9,12H,10-11H2,1-3H3,(H,18,19). The molecule has 2 rings (SSSR count). The van der Waals surface area contributed by atoms with Crippen molar-refractivity contribution in [2.45, 2.75) is 13.3 Å². The molecule has 110 valence electrons. The van der Waals surface area contributed by atoms with E-state index < -0.39 is 0 Å². The molecule has 1 aromatic heterocycles. The second-order valence-electron chi connectivity index (χ2n) is 5.23. The molecule has 0 saturated carbocycles. The number of carbonyl (C=O) groups is 1. The second-order valence-corrected chi connectivity index (χ2v) is 5.23. The van der Waals surface area contributed by atoms with Gasteiger partial charge >= 0.3 is 0 Å². The topological polar surface area (TPSA) is 45.2 Å². The number of nitrogens with one attached hydrogen (secondary N) is 1. The van der Waals surface area contributed by atoms with Gasteiger partial charge in [0.25, 0.3) is 5.91 Å². The van der Waals surface area contributed by atoms with Crippen LogP contribution in [0.1, 0.15) is 21.5 Å². The van der Waals surface area contributed by atoms with E-state index in [0.717, 1.165) is 18.8 Å². The zero-order valence-corrected chi connectivity index (χ0v) is 12.8. The molecule has 0 radical (unpaired) electrons. The lowest BCUT2D eigenvalue weighted by molar-refractivity contribution is 0.0827. The van der Waals surface area contributed by atoms with E-state index >= 15 is 0 Å². The quantitative estimate of drug-likeness (QED) is 0.917. The van der Waals surface area contributed by atoms with Crippen molar-refractivity contribution in [1.29, 1.82) is 0 Å². The van der Waals surface area contributed by atoms with Crippen LogP contribution in [0.3, 0.4) is 0 Å². The molecule has 0 aliphatic rings. The van der Waals surface area contributed by atoms with Gasteiger partial charge in [-0.25, -0.2) is 4.98 Å². The molecule has 0 aliphatic heterocycles. The maximum Gasteiger partial charge on any atom is 0.254 e. The highest BCUT2D eigenvalue weighted by Crippen LogP contribution is 2.10. The fourth-order valence-corrected chi connectivity index (χ4v) is 2.10. The Morgan fingerprint density at radius 1 is 1.19 bits per heavy atom. The number of amides is 1. The van der Waals surface area contributed by atoms with Gasteiger partial charge in [0.2, 0.25) is 0 Å². The molecule has 0 fully saturated rings. The third-order valence-electron chi connectivity index (χ3n) is 3.38. The summed E-state index contributed by atoms with van der Waals surface area (Å²) in [7, 11) is 3.47. The van der Waals surface area contributed by atoms with E-state index in [2.05, 4.69) is 35.4 Å². The number of aromatic nitrogens is 1. The van der Waals surface area contributed by atoms with Crippen LogP contribution in [-0.2, 0) is 6.42 Å². The molecule has 4 nitrogen and oxygen atoms in total. The first kappa shape index (κ1) is 15.0. The van der Waals surface area contributed by atoms with Crippen LogP contribution < -0.4 is 5.32 Å². The Labute approximate surface area is 125 Å². The van der Waals surface area contributed by atoms with Crippen molar-refractivity contribution >= 4 is 11.7 Å². The lowest BCUT2D eigenvalue weighted by Gasteiger charge is -2.11. The zero-order valence-electron chi connectivity index (χ0n) is 12.8. The Morgan fingerprint density at radius 3 is 2.57 bits per heavy atom. The monoisotopic (exact) mass is 283 g/mol. The van der Waals surface area contributed by atoms with Crippen LogP contribution in [0.4, 0.5) is 5.82 Å². The smallest absolute Gasteiger partial charge is 0.254 e. The van der Waals surface area contributed by atoms with Crippen LogP contribution in [0.2, 0.25) is 0 Å². The van der Waals surface area contributed by atoms with Crippen molar-refractivity contribution in [1.82, 2.24) is 9.88 Å². The predicted molar refractivity (Wildman–Crippen MR) is 85.6 cm³/mol. The Bertz CT molecular complexity index is 606. The Morgan fingerprint density at radius 2 is 1.95 bits per heavy atom. The largest absolute Gasteiger partial charge is 0.370 e. The number of carbonyl (C=O) groups excluding carboxylic acids is 1. The predicted octanol–water partition coefficient (Wildman–Crippen LogP) is 2.75. The molecule has 4 heteroatoms. The Hall–Kier alpha value is -2.36. The van der Waals surface area contributed by atoms with Crippen LogP contribution >= 0.6 is 0 Å². The summed E-state index contributed by atoms with van der Waals surface area (Å²) >= 11 is 0. The number of hydrogen-bond donors (Lipinski definition) is 1. The summed E-state index contributed by atoms with van der Waals surface area (Å²) in [4.78, 5) is 17.6. The van der Waals surface area contributed by atoms with E-state index in [4.69, 9.17) is 0 Å². The van der Waals surface area contributed by atoms with Gasteiger partial charge in [-0.05, 0) is 36.6 Å². The normalized spacial score (nSPS) is 10.2. The first-order valence-corrected chi connectivity index (χ1v) is 7.04. The lowest BCUT2D eigenvalue weighted by Crippen LogP contribution is -2.21. The molecular formula is C17H21N3O. The van der Waals surface area contributed by atoms with Gasteiger partial charge in [-0.2, -0.15) is 0 Å². The van der Waals surface area contributed by atoms with Gasteiger partial charge in [-0.3, -0.25) is 4.79 Å². The summed E-state index contributed by atoms with van der Waals surface area (Å²) in [6.45, 7) is 2.94. The summed E-state index contributed by atoms with van der Waals surface area (Å²) in [6, 6.07) is 12.0. The van der Waals surface area contributed by atoms with Gasteiger partial charge in [0.1, 0.15) is 5.82 Å². The van der Waals surface area contributed by atoms with Crippen molar-refractivity contribution in [3.05, 3.63) is 59.3 Å². The van der Waals surface area contributed by atoms with Crippen LogP contribution in [0.15, 0.2) is 42.6 Å². The van der Waals surface area contributed by atoms with E-state index in [1.54, 1.807) is 31.3 Å². The Kier molecular flexibility index (Phi) is 4.93. The SMILES string of the molecule is Cc1ccccc1CCNc1ccc(C(=O)N(C)C)cn1. The molecule has 0 bridgehead atoms. The summed E-state index contributed by atoms with van der Waals surface area (Å²) in [6.07, 6.45) is 2.56. The molecule has 1 heterocycles. The molecule has 1 aromatic carbocycles. The van der Waals surface area contributed by atoms with Crippen molar-refractivity contribution in [2.24, 2.45) is 0 Å². The van der Waals surface area contributed by atoms with Gasteiger partial charge in [-0.15, -0.1) is 0 Å². The van der Waals surface area contributed by atoms with Crippen LogP contribution in [0.5, 0.6) is 0 Å². The molecule has 21 heavy (non-hydrogen) atoms. The van der Waals surface area contributed by atoms with Gasteiger partial charge < -0.3 is 10.2 Å². The summed E-state index contributed by atoms with van der Waals surface area (Å²) in [5.41, 5.74) is 3.24. The maximum absolute atomic E-state index is 11.8. The van der Waals surface area contributed by atoms with E-state index in [1.165, 1.54) is 11.1 Å². The number of aryl methyl sites for hydroxylation is 1. The molecule has 1 amide bonds. The number of anilines is 1. The molecule has 0 saturated heterocycles. The second kappa shape index (κ2) is 6.88. The molecule has 2 aromatic rings. The van der Waals surface area contributed by atoms with Crippen molar-refractivity contribution in [2.75, 3.05) is 26.0 Å². The van der Waals surface area contributed by atoms with Crippen molar-refractivity contribution < 1.29 is 4.79 Å². The highest BCUT2D eigenvalue weighted by Gasteiger charge is 2.07. The summed E-state index contributed by atoms with van der Waals surface area (Å²) in [5, 5.41) is 3.28.